The summed E-state index contributed by atoms with van der Waals surface area (Å²) in [6, 6.07) is 29.1. The summed E-state index contributed by atoms with van der Waals surface area (Å²) in [5.74, 6) is 2.28. The first-order chi connectivity index (χ1) is 20.1. The van der Waals surface area contributed by atoms with Crippen LogP contribution in [0.3, 0.4) is 0 Å². The molecule has 0 atom stereocenters. The summed E-state index contributed by atoms with van der Waals surface area (Å²) in [6.45, 7) is 0. The Labute approximate surface area is 237 Å². The smallest absolute Gasteiger partial charge is 0.345 e. The predicted octanol–water partition coefficient (Wildman–Crippen LogP) is 6.33. The third-order valence-electron chi connectivity index (χ3n) is 6.40. The molecule has 3 amide bonds. The van der Waals surface area contributed by atoms with Crippen LogP contribution in [0, 0.1) is 0 Å². The van der Waals surface area contributed by atoms with Gasteiger partial charge in [0.15, 0.2) is 11.5 Å². The molecule has 9 nitrogen and oxygen atoms in total. The number of benzene rings is 4. The lowest BCUT2D eigenvalue weighted by molar-refractivity contribution is -0.109. The first kappa shape index (κ1) is 27.0. The van der Waals surface area contributed by atoms with Crippen LogP contribution in [0.4, 0.5) is 16.2 Å². The number of rotatable bonds is 10. The number of ether oxygens (including phenoxy) is 3. The number of aromatic nitrogens is 1. The number of nitrogens with one attached hydrogen (secondary N) is 2. The number of carbonyl (C=O) groups is 2. The number of hydrazine groups is 1. The fourth-order valence-corrected chi connectivity index (χ4v) is 4.43. The maximum atomic E-state index is 13.3. The van der Waals surface area contributed by atoms with Gasteiger partial charge in [-0.05, 0) is 60.0 Å². The van der Waals surface area contributed by atoms with Gasteiger partial charge < -0.3 is 19.5 Å². The van der Waals surface area contributed by atoms with Gasteiger partial charge in [-0.1, -0.05) is 48.5 Å². The summed E-state index contributed by atoms with van der Waals surface area (Å²) < 4.78 is 16.9. The van der Waals surface area contributed by atoms with E-state index in [2.05, 4.69) is 15.7 Å². The normalized spacial score (nSPS) is 10.5. The van der Waals surface area contributed by atoms with Crippen LogP contribution in [0.2, 0.25) is 0 Å². The monoisotopic (exact) mass is 548 g/mol. The minimum Gasteiger partial charge on any atom is -0.493 e. The molecule has 0 bridgehead atoms. The van der Waals surface area contributed by atoms with E-state index in [4.69, 9.17) is 14.2 Å². The molecule has 0 fully saturated rings. The van der Waals surface area contributed by atoms with Crippen molar-refractivity contribution in [2.75, 3.05) is 24.5 Å². The predicted molar refractivity (Wildman–Crippen MR) is 158 cm³/mol. The standard InChI is InChI=1S/C32H28N4O5/c1-39-30-19-26-27(20-31(30)40-2)33-17-16-29(26)41-25-14-12-24(13-15-25)35-32(38)36(34-21-37)28-11-7-6-10-23(28)18-22-8-4-3-5-9-22/h3-17,19-21H,18H2,1-2H3,(H,34,37)(H,35,38). The molecule has 0 aliphatic carbocycles. The van der Waals surface area contributed by atoms with E-state index in [1.54, 1.807) is 62.9 Å². The summed E-state index contributed by atoms with van der Waals surface area (Å²) in [5.41, 5.74) is 6.26. The van der Waals surface area contributed by atoms with Crippen molar-refractivity contribution in [1.29, 1.82) is 0 Å². The fraction of sp³-hybridized carbons (Fsp3) is 0.0938. The van der Waals surface area contributed by atoms with Crippen LogP contribution in [-0.2, 0) is 11.2 Å². The Bertz CT molecular complexity index is 1660. The lowest BCUT2D eigenvalue weighted by Gasteiger charge is -2.24. The highest BCUT2D eigenvalue weighted by Crippen LogP contribution is 2.37. The zero-order valence-electron chi connectivity index (χ0n) is 22.5. The van der Waals surface area contributed by atoms with E-state index in [0.717, 1.165) is 16.5 Å². The average Bonchev–Trinajstić information content (AvgIpc) is 3.01. The van der Waals surface area contributed by atoms with E-state index in [1.165, 1.54) is 5.01 Å². The zero-order chi connectivity index (χ0) is 28.6. The number of amides is 3. The number of para-hydroxylation sites is 1. The first-order valence-electron chi connectivity index (χ1n) is 12.8. The molecule has 0 aliphatic heterocycles. The molecule has 0 spiro atoms. The minimum atomic E-state index is -0.521. The van der Waals surface area contributed by atoms with Crippen molar-refractivity contribution in [1.82, 2.24) is 10.4 Å². The van der Waals surface area contributed by atoms with Crippen LogP contribution < -0.4 is 30.0 Å². The summed E-state index contributed by atoms with van der Waals surface area (Å²) in [7, 11) is 3.14. The number of methoxy groups -OCH3 is 2. The van der Waals surface area contributed by atoms with Crippen molar-refractivity contribution in [3.63, 3.8) is 0 Å². The van der Waals surface area contributed by atoms with Gasteiger partial charge in [0, 0.05) is 23.3 Å². The molecule has 5 rings (SSSR count). The molecular formula is C32H28N4O5. The second kappa shape index (κ2) is 12.5. The average molecular weight is 549 g/mol. The molecule has 0 saturated carbocycles. The third kappa shape index (κ3) is 6.20. The molecule has 9 heteroatoms. The molecule has 0 unspecified atom stereocenters. The van der Waals surface area contributed by atoms with E-state index < -0.39 is 6.03 Å². The van der Waals surface area contributed by atoms with Crippen LogP contribution >= 0.6 is 0 Å². The summed E-state index contributed by atoms with van der Waals surface area (Å²) in [5, 5.41) is 4.79. The Morgan fingerprint density at radius 2 is 1.56 bits per heavy atom. The van der Waals surface area contributed by atoms with Crippen molar-refractivity contribution < 1.29 is 23.8 Å². The van der Waals surface area contributed by atoms with Crippen molar-refractivity contribution in [3.05, 3.63) is 114 Å². The van der Waals surface area contributed by atoms with E-state index in [9.17, 15) is 9.59 Å². The SMILES string of the molecule is COc1cc2nccc(Oc3ccc(NC(=O)N(NC=O)c4ccccc4Cc4ccccc4)cc3)c2cc1OC. The van der Waals surface area contributed by atoms with E-state index >= 15 is 0 Å². The Morgan fingerprint density at radius 3 is 2.29 bits per heavy atom. The Balaban J connectivity index is 1.33. The lowest BCUT2D eigenvalue weighted by Crippen LogP contribution is -2.45. The van der Waals surface area contributed by atoms with Gasteiger partial charge in [-0.3, -0.25) is 15.2 Å². The molecule has 4 aromatic carbocycles. The van der Waals surface area contributed by atoms with Gasteiger partial charge in [-0.25, -0.2) is 9.80 Å². The highest BCUT2D eigenvalue weighted by molar-refractivity contribution is 6.02. The van der Waals surface area contributed by atoms with Crippen LogP contribution in [-0.4, -0.2) is 31.6 Å². The van der Waals surface area contributed by atoms with Crippen LogP contribution in [0.15, 0.2) is 103 Å². The van der Waals surface area contributed by atoms with E-state index in [-0.39, 0.29) is 0 Å². The Kier molecular flexibility index (Phi) is 8.25. The van der Waals surface area contributed by atoms with Crippen molar-refractivity contribution in [2.45, 2.75) is 6.42 Å². The summed E-state index contributed by atoms with van der Waals surface area (Å²) in [6.07, 6.45) is 2.72. The summed E-state index contributed by atoms with van der Waals surface area (Å²) >= 11 is 0. The van der Waals surface area contributed by atoms with Crippen molar-refractivity contribution >= 4 is 34.7 Å². The number of urea groups is 1. The van der Waals surface area contributed by atoms with Gasteiger partial charge >= 0.3 is 6.03 Å². The Hall–Kier alpha value is -5.57. The molecule has 0 radical (unpaired) electrons. The number of pyridine rings is 1. The second-order valence-electron chi connectivity index (χ2n) is 8.96. The highest BCUT2D eigenvalue weighted by Gasteiger charge is 2.19. The van der Waals surface area contributed by atoms with Gasteiger partial charge in [0.2, 0.25) is 6.41 Å². The number of hydrogen-bond acceptors (Lipinski definition) is 6. The maximum Gasteiger partial charge on any atom is 0.345 e. The van der Waals surface area contributed by atoms with E-state index in [0.29, 0.717) is 52.7 Å². The highest BCUT2D eigenvalue weighted by atomic mass is 16.5. The third-order valence-corrected chi connectivity index (χ3v) is 6.40. The molecule has 2 N–H and O–H groups in total. The molecule has 5 aromatic rings. The molecule has 206 valence electrons. The van der Waals surface area contributed by atoms with Crippen molar-refractivity contribution in [2.24, 2.45) is 0 Å². The topological polar surface area (TPSA) is 102 Å². The number of fused-ring (bicyclic) bond motifs is 1. The first-order valence-corrected chi connectivity index (χ1v) is 12.8. The Morgan fingerprint density at radius 1 is 0.854 bits per heavy atom. The van der Waals surface area contributed by atoms with Gasteiger partial charge in [0.25, 0.3) is 0 Å². The van der Waals surface area contributed by atoms with Crippen LogP contribution in [0.1, 0.15) is 11.1 Å². The molecule has 1 heterocycles. The van der Waals surface area contributed by atoms with Gasteiger partial charge in [-0.2, -0.15) is 0 Å². The molecular weight excluding hydrogens is 520 g/mol. The van der Waals surface area contributed by atoms with Crippen LogP contribution in [0.5, 0.6) is 23.0 Å². The molecule has 1 aromatic heterocycles. The van der Waals surface area contributed by atoms with E-state index in [1.807, 2.05) is 54.6 Å². The molecule has 0 saturated heterocycles. The lowest BCUT2D eigenvalue weighted by atomic mass is 10.0. The molecule has 41 heavy (non-hydrogen) atoms. The van der Waals surface area contributed by atoms with Gasteiger partial charge in [0.1, 0.15) is 11.5 Å². The van der Waals surface area contributed by atoms with Crippen molar-refractivity contribution in [3.8, 4) is 23.0 Å². The number of nitrogens with zero attached hydrogens (tertiary/aromatic N) is 2. The van der Waals surface area contributed by atoms with Gasteiger partial charge in [-0.15, -0.1) is 0 Å². The summed E-state index contributed by atoms with van der Waals surface area (Å²) in [4.78, 5) is 29.1. The fourth-order valence-electron chi connectivity index (χ4n) is 4.43. The largest absolute Gasteiger partial charge is 0.493 e. The zero-order valence-corrected chi connectivity index (χ0v) is 22.5. The minimum absolute atomic E-state index is 0.472. The van der Waals surface area contributed by atoms with Crippen LogP contribution in [0.25, 0.3) is 10.9 Å². The van der Waals surface area contributed by atoms with Gasteiger partial charge in [0.05, 0.1) is 25.4 Å². The molecule has 0 aliphatic rings. The number of hydrogen-bond donors (Lipinski definition) is 2. The number of carbonyl (C=O) groups excluding carboxylic acids is 2. The second-order valence-corrected chi connectivity index (χ2v) is 8.96. The number of anilines is 2. The quantitative estimate of drug-likeness (QED) is 0.156. The maximum absolute atomic E-state index is 13.3.